The first-order valence-electron chi connectivity index (χ1n) is 7.78. The summed E-state index contributed by atoms with van der Waals surface area (Å²) in [6.07, 6.45) is 3.96. The van der Waals surface area contributed by atoms with Crippen LogP contribution in [0.1, 0.15) is 31.2 Å². The smallest absolute Gasteiger partial charge is 0.230 e. The minimum Gasteiger partial charge on any atom is -0.370 e. The van der Waals surface area contributed by atoms with Gasteiger partial charge in [0.25, 0.3) is 0 Å². The van der Waals surface area contributed by atoms with Gasteiger partial charge in [-0.25, -0.2) is 0 Å². The molecule has 0 heterocycles. The van der Waals surface area contributed by atoms with Gasteiger partial charge >= 0.3 is 0 Å². The van der Waals surface area contributed by atoms with Crippen LogP contribution in [0.25, 0.3) is 0 Å². The number of anilines is 1. The van der Waals surface area contributed by atoms with Gasteiger partial charge in [0.15, 0.2) is 5.96 Å². The van der Waals surface area contributed by atoms with Gasteiger partial charge in [0.1, 0.15) is 0 Å². The third kappa shape index (κ3) is 3.78. The van der Waals surface area contributed by atoms with Crippen LogP contribution in [0, 0.1) is 12.3 Å². The van der Waals surface area contributed by atoms with E-state index in [4.69, 9.17) is 5.73 Å². The Morgan fingerprint density at radius 2 is 1.86 bits per heavy atom. The van der Waals surface area contributed by atoms with Crippen molar-refractivity contribution in [2.45, 2.75) is 32.6 Å². The van der Waals surface area contributed by atoms with E-state index in [2.05, 4.69) is 10.3 Å². The number of carbonyl (C=O) groups excluding carboxylic acids is 1. The Morgan fingerprint density at radius 1 is 1.27 bits per heavy atom. The van der Waals surface area contributed by atoms with Crippen LogP contribution < -0.4 is 11.1 Å². The summed E-state index contributed by atoms with van der Waals surface area (Å²) < 4.78 is 0. The predicted molar refractivity (Wildman–Crippen MR) is 90.9 cm³/mol. The van der Waals surface area contributed by atoms with E-state index in [0.29, 0.717) is 12.5 Å². The van der Waals surface area contributed by atoms with Gasteiger partial charge in [0, 0.05) is 19.8 Å². The molecule has 3 N–H and O–H groups in total. The van der Waals surface area contributed by atoms with Crippen molar-refractivity contribution in [3.63, 3.8) is 0 Å². The van der Waals surface area contributed by atoms with Crippen LogP contribution in [0.5, 0.6) is 0 Å². The number of hydrogen-bond acceptors (Lipinski definition) is 2. The molecular weight excluding hydrogens is 276 g/mol. The average molecular weight is 302 g/mol. The molecule has 1 amide bonds. The molecule has 1 aromatic rings. The molecular formula is C17H26N4O. The predicted octanol–water partition coefficient (Wildman–Crippen LogP) is 2.37. The second-order valence-electron chi connectivity index (χ2n) is 6.38. The van der Waals surface area contributed by atoms with Crippen LogP contribution in [-0.2, 0) is 4.79 Å². The molecule has 0 atom stereocenters. The number of carbonyl (C=O) groups is 1. The molecule has 1 aliphatic rings. The zero-order valence-corrected chi connectivity index (χ0v) is 13.7. The molecule has 1 aliphatic carbocycles. The normalized spacial score (nSPS) is 17.3. The molecule has 0 spiro atoms. The average Bonchev–Trinajstić information content (AvgIpc) is 2.97. The fourth-order valence-corrected chi connectivity index (χ4v) is 3.03. The summed E-state index contributed by atoms with van der Waals surface area (Å²) in [5.41, 5.74) is 7.70. The Bertz CT molecular complexity index is 542. The highest BCUT2D eigenvalue weighted by Gasteiger charge is 2.41. The second-order valence-corrected chi connectivity index (χ2v) is 6.38. The van der Waals surface area contributed by atoms with Gasteiger partial charge in [0.05, 0.1) is 12.0 Å². The van der Waals surface area contributed by atoms with Crippen LogP contribution in [0.3, 0.4) is 0 Å². The summed E-state index contributed by atoms with van der Waals surface area (Å²) in [5.74, 6) is 0.526. The SMILES string of the molecule is Cc1ccc(NC(N)=NCC2(C(=O)N(C)C)CCCC2)cc1. The number of nitrogens with zero attached hydrogens (tertiary/aromatic N) is 2. The lowest BCUT2D eigenvalue weighted by Gasteiger charge is -2.29. The quantitative estimate of drug-likeness (QED) is 0.662. The number of amides is 1. The van der Waals surface area contributed by atoms with E-state index in [1.54, 1.807) is 19.0 Å². The first kappa shape index (κ1) is 16.3. The highest BCUT2D eigenvalue weighted by atomic mass is 16.2. The van der Waals surface area contributed by atoms with Crippen molar-refractivity contribution >= 4 is 17.6 Å². The van der Waals surface area contributed by atoms with Crippen LogP contribution in [0.4, 0.5) is 5.69 Å². The van der Waals surface area contributed by atoms with Crippen molar-refractivity contribution < 1.29 is 4.79 Å². The summed E-state index contributed by atoms with van der Waals surface area (Å²) in [6.45, 7) is 2.49. The summed E-state index contributed by atoms with van der Waals surface area (Å²) in [5, 5.41) is 3.08. The zero-order valence-electron chi connectivity index (χ0n) is 13.7. The van der Waals surface area contributed by atoms with E-state index in [1.165, 1.54) is 5.56 Å². The lowest BCUT2D eigenvalue weighted by Crippen LogP contribution is -2.41. The Hall–Kier alpha value is -2.04. The zero-order chi connectivity index (χ0) is 16.2. The first-order valence-corrected chi connectivity index (χ1v) is 7.78. The second kappa shape index (κ2) is 6.81. The summed E-state index contributed by atoms with van der Waals surface area (Å²) in [4.78, 5) is 18.6. The van der Waals surface area contributed by atoms with E-state index in [0.717, 1.165) is 31.4 Å². The topological polar surface area (TPSA) is 70.7 Å². The van der Waals surface area contributed by atoms with Crippen molar-refractivity contribution in [1.82, 2.24) is 4.90 Å². The lowest BCUT2D eigenvalue weighted by atomic mass is 9.85. The molecule has 0 radical (unpaired) electrons. The van der Waals surface area contributed by atoms with Crippen LogP contribution in [0.2, 0.25) is 0 Å². The highest BCUT2D eigenvalue weighted by molar-refractivity contribution is 5.92. The van der Waals surface area contributed by atoms with Gasteiger partial charge in [0.2, 0.25) is 5.91 Å². The van der Waals surface area contributed by atoms with Crippen molar-refractivity contribution in [3.05, 3.63) is 29.8 Å². The lowest BCUT2D eigenvalue weighted by molar-refractivity contribution is -0.138. The fraction of sp³-hybridized carbons (Fsp3) is 0.529. The van der Waals surface area contributed by atoms with Gasteiger partial charge in [-0.05, 0) is 31.9 Å². The highest BCUT2D eigenvalue weighted by Crippen LogP contribution is 2.39. The van der Waals surface area contributed by atoms with E-state index in [9.17, 15) is 4.79 Å². The van der Waals surface area contributed by atoms with Crippen molar-refractivity contribution in [2.75, 3.05) is 26.0 Å². The largest absolute Gasteiger partial charge is 0.370 e. The Labute approximate surface area is 132 Å². The molecule has 0 saturated heterocycles. The molecule has 0 aromatic heterocycles. The molecule has 0 unspecified atom stereocenters. The summed E-state index contributed by atoms with van der Waals surface area (Å²) in [7, 11) is 3.61. The molecule has 0 bridgehead atoms. The summed E-state index contributed by atoms with van der Waals surface area (Å²) in [6, 6.07) is 7.97. The van der Waals surface area contributed by atoms with Crippen LogP contribution >= 0.6 is 0 Å². The van der Waals surface area contributed by atoms with Crippen molar-refractivity contribution in [3.8, 4) is 0 Å². The monoisotopic (exact) mass is 302 g/mol. The molecule has 5 heteroatoms. The number of hydrogen-bond donors (Lipinski definition) is 2. The molecule has 1 saturated carbocycles. The molecule has 5 nitrogen and oxygen atoms in total. The van der Waals surface area contributed by atoms with Gasteiger partial charge in [-0.2, -0.15) is 0 Å². The molecule has 1 aromatic carbocycles. The first-order chi connectivity index (χ1) is 10.4. The van der Waals surface area contributed by atoms with E-state index >= 15 is 0 Å². The molecule has 1 fully saturated rings. The molecule has 120 valence electrons. The third-order valence-corrected chi connectivity index (χ3v) is 4.30. The van der Waals surface area contributed by atoms with Crippen molar-refractivity contribution in [2.24, 2.45) is 16.1 Å². The maximum atomic E-state index is 12.5. The van der Waals surface area contributed by atoms with Gasteiger partial charge in [-0.15, -0.1) is 0 Å². The number of aryl methyl sites for hydroxylation is 1. The summed E-state index contributed by atoms with van der Waals surface area (Å²) >= 11 is 0. The van der Waals surface area contributed by atoms with Crippen LogP contribution in [0.15, 0.2) is 29.3 Å². The van der Waals surface area contributed by atoms with Gasteiger partial charge < -0.3 is 16.0 Å². The standard InChI is InChI=1S/C17H26N4O/c1-13-6-8-14(9-7-13)20-16(18)19-12-17(10-4-5-11-17)15(22)21(2)3/h6-9H,4-5,10-12H2,1-3H3,(H3,18,19,20). The maximum absolute atomic E-state index is 12.5. The third-order valence-electron chi connectivity index (χ3n) is 4.30. The molecule has 2 rings (SSSR count). The minimum absolute atomic E-state index is 0.164. The van der Waals surface area contributed by atoms with E-state index < -0.39 is 0 Å². The Balaban J connectivity index is 2.04. The molecule has 22 heavy (non-hydrogen) atoms. The van der Waals surface area contributed by atoms with E-state index in [-0.39, 0.29) is 11.3 Å². The van der Waals surface area contributed by atoms with Crippen molar-refractivity contribution in [1.29, 1.82) is 0 Å². The van der Waals surface area contributed by atoms with E-state index in [1.807, 2.05) is 31.2 Å². The number of nitrogens with two attached hydrogens (primary N) is 1. The van der Waals surface area contributed by atoms with Gasteiger partial charge in [-0.1, -0.05) is 30.5 Å². The maximum Gasteiger partial charge on any atom is 0.230 e. The number of benzene rings is 1. The molecule has 0 aliphatic heterocycles. The minimum atomic E-state index is -0.372. The Morgan fingerprint density at radius 3 is 2.41 bits per heavy atom. The number of nitrogens with one attached hydrogen (secondary N) is 1. The number of guanidine groups is 1. The fourth-order valence-electron chi connectivity index (χ4n) is 3.03. The Kier molecular flexibility index (Phi) is 5.06. The van der Waals surface area contributed by atoms with Crippen LogP contribution in [-0.4, -0.2) is 37.4 Å². The number of aliphatic imine (C=N–C) groups is 1. The number of rotatable bonds is 4. The van der Waals surface area contributed by atoms with Gasteiger partial charge in [-0.3, -0.25) is 9.79 Å².